The van der Waals surface area contributed by atoms with Gasteiger partial charge in [-0.05, 0) is 68.7 Å². The van der Waals surface area contributed by atoms with Gasteiger partial charge in [0.25, 0.3) is 11.8 Å². The van der Waals surface area contributed by atoms with Crippen LogP contribution in [0.2, 0.25) is 0 Å². The number of ether oxygens (including phenoxy) is 4. The van der Waals surface area contributed by atoms with E-state index in [-0.39, 0.29) is 72.7 Å². The summed E-state index contributed by atoms with van der Waals surface area (Å²) in [5, 5.41) is 8.76. The van der Waals surface area contributed by atoms with Crippen molar-refractivity contribution in [1.29, 1.82) is 0 Å². The zero-order chi connectivity index (χ0) is 46.6. The number of nitrogens with zero attached hydrogens (tertiary/aromatic N) is 1. The largest absolute Gasteiger partial charge is 0.497 e. The lowest BCUT2D eigenvalue weighted by atomic mass is 9.90. The lowest BCUT2D eigenvalue weighted by Gasteiger charge is -2.32. The highest BCUT2D eigenvalue weighted by molar-refractivity contribution is 6.00. The summed E-state index contributed by atoms with van der Waals surface area (Å²) in [5.74, 6) is -3.60. The minimum Gasteiger partial charge on any atom is -0.497 e. The van der Waals surface area contributed by atoms with Crippen molar-refractivity contribution >= 4 is 41.9 Å². The Balaban J connectivity index is 1.41. The maximum atomic E-state index is 13.7. The van der Waals surface area contributed by atoms with Crippen LogP contribution in [0.4, 0.5) is 0 Å². The van der Waals surface area contributed by atoms with Gasteiger partial charge in [-0.1, -0.05) is 69.5 Å². The Morgan fingerprint density at radius 3 is 2.22 bits per heavy atom. The molecule has 342 valence electrons. The van der Waals surface area contributed by atoms with E-state index in [0.717, 1.165) is 23.5 Å². The molecule has 3 aromatic carbocycles. The van der Waals surface area contributed by atoms with Gasteiger partial charge in [-0.2, -0.15) is 5.06 Å². The number of benzene rings is 3. The van der Waals surface area contributed by atoms with Gasteiger partial charge >= 0.3 is 11.9 Å². The smallest absolute Gasteiger partial charge is 0.366 e. The number of hydroxylamine groups is 2. The summed E-state index contributed by atoms with van der Waals surface area (Å²) in [6, 6.07) is 19.0. The second kappa shape index (κ2) is 25.1. The quantitative estimate of drug-likeness (QED) is 0.0211. The molecule has 0 radical (unpaired) electrons. The zero-order valence-electron chi connectivity index (χ0n) is 36.9. The number of furan rings is 1. The molecule has 0 bridgehead atoms. The van der Waals surface area contributed by atoms with E-state index < -0.39 is 47.7 Å². The molecule has 1 aromatic heterocycles. The molecule has 0 aliphatic rings. The van der Waals surface area contributed by atoms with Gasteiger partial charge in [0.1, 0.15) is 47.0 Å². The summed E-state index contributed by atoms with van der Waals surface area (Å²) < 4.78 is 27.5. The molecule has 0 unspecified atom stereocenters. The third-order valence-corrected chi connectivity index (χ3v) is 10.0. The zero-order valence-corrected chi connectivity index (χ0v) is 36.9. The van der Waals surface area contributed by atoms with Crippen molar-refractivity contribution < 1.29 is 61.8 Å². The van der Waals surface area contributed by atoms with Crippen molar-refractivity contribution in [3.8, 4) is 28.6 Å². The summed E-state index contributed by atoms with van der Waals surface area (Å²) >= 11 is 0. The lowest BCUT2D eigenvalue weighted by molar-refractivity contribution is -0.171. The van der Waals surface area contributed by atoms with E-state index in [1.807, 2.05) is 13.0 Å². The van der Waals surface area contributed by atoms with Gasteiger partial charge in [0, 0.05) is 18.1 Å². The predicted molar refractivity (Wildman–Crippen MR) is 233 cm³/mol. The number of methoxy groups -OCH3 is 2. The molecule has 3 N–H and O–H groups in total. The Bertz CT molecular complexity index is 2220. The topological polar surface area (TPSA) is 218 Å². The second-order valence-electron chi connectivity index (χ2n) is 14.5. The van der Waals surface area contributed by atoms with E-state index >= 15 is 0 Å². The number of carbonyl (C=O) groups is 7. The summed E-state index contributed by atoms with van der Waals surface area (Å²) in [6.07, 6.45) is 3.05. The third kappa shape index (κ3) is 13.9. The Kier molecular flexibility index (Phi) is 19.4. The van der Waals surface area contributed by atoms with Gasteiger partial charge in [-0.25, -0.2) is 9.59 Å². The SMILES string of the molecule is CCCCC[C@@H](C(=O)NCNC(=O)c1ccc(-c2ccc(C(=O)N[C@@H](CC(C)=O)C(=O)OCc3ccccc3)c(OCC)c2)o1)[C@@H](CC)N(C=O)OC(=O)c1ccc(OC)cc1OC. The van der Waals surface area contributed by atoms with Gasteiger partial charge in [0.2, 0.25) is 12.3 Å². The Hall–Kier alpha value is -7.17. The fraction of sp³-hybridized carbons (Fsp3) is 0.383. The van der Waals surface area contributed by atoms with Crippen molar-refractivity contribution in [2.75, 3.05) is 27.5 Å². The lowest BCUT2D eigenvalue weighted by Crippen LogP contribution is -2.49. The molecule has 17 nitrogen and oxygen atoms in total. The first-order chi connectivity index (χ1) is 30.9. The van der Waals surface area contributed by atoms with Crippen LogP contribution in [-0.2, 0) is 35.4 Å². The number of nitrogens with one attached hydrogen (secondary N) is 3. The van der Waals surface area contributed by atoms with Crippen molar-refractivity contribution in [3.05, 3.63) is 101 Å². The van der Waals surface area contributed by atoms with Crippen LogP contribution < -0.4 is 30.2 Å². The summed E-state index contributed by atoms with van der Waals surface area (Å²) in [7, 11) is 2.85. The van der Waals surface area contributed by atoms with Crippen molar-refractivity contribution in [2.24, 2.45) is 5.92 Å². The Morgan fingerprint density at radius 2 is 1.56 bits per heavy atom. The van der Waals surface area contributed by atoms with E-state index in [0.29, 0.717) is 30.6 Å². The van der Waals surface area contributed by atoms with E-state index in [1.54, 1.807) is 62.4 Å². The number of Topliss-reactive ketones (excluding diaryl/α,β-unsaturated/α-hetero) is 1. The number of hydrogen-bond acceptors (Lipinski definition) is 13. The molecule has 0 saturated heterocycles. The van der Waals surface area contributed by atoms with E-state index in [1.165, 1.54) is 45.4 Å². The van der Waals surface area contributed by atoms with Gasteiger partial charge in [-0.3, -0.25) is 24.0 Å². The molecule has 0 fully saturated rings. The highest BCUT2D eigenvalue weighted by atomic mass is 16.7. The van der Waals surface area contributed by atoms with E-state index in [9.17, 15) is 33.6 Å². The summed E-state index contributed by atoms with van der Waals surface area (Å²) in [6.45, 7) is 6.67. The van der Waals surface area contributed by atoms with Crippen LogP contribution >= 0.6 is 0 Å². The average Bonchev–Trinajstić information content (AvgIpc) is 3.80. The molecule has 0 aliphatic carbocycles. The van der Waals surface area contributed by atoms with Crippen LogP contribution in [0.1, 0.15) is 103 Å². The number of esters is 1. The predicted octanol–water partition coefficient (Wildman–Crippen LogP) is 6.19. The monoisotopic (exact) mass is 884 g/mol. The summed E-state index contributed by atoms with van der Waals surface area (Å²) in [5.41, 5.74) is 1.33. The second-order valence-corrected chi connectivity index (χ2v) is 14.5. The van der Waals surface area contributed by atoms with Crippen LogP contribution in [0.15, 0.2) is 83.3 Å². The van der Waals surface area contributed by atoms with Gasteiger partial charge < -0.3 is 44.2 Å². The number of amides is 4. The third-order valence-electron chi connectivity index (χ3n) is 10.0. The molecular formula is C47H56N4O13. The van der Waals surface area contributed by atoms with Crippen LogP contribution in [0.3, 0.4) is 0 Å². The van der Waals surface area contributed by atoms with E-state index in [2.05, 4.69) is 16.0 Å². The van der Waals surface area contributed by atoms with Crippen LogP contribution in [0, 0.1) is 5.92 Å². The number of ketones is 1. The fourth-order valence-electron chi connectivity index (χ4n) is 6.76. The van der Waals surface area contributed by atoms with Crippen LogP contribution in [-0.4, -0.2) is 86.5 Å². The number of carbonyl (C=O) groups excluding carboxylic acids is 7. The average molecular weight is 885 g/mol. The molecule has 0 spiro atoms. The first-order valence-corrected chi connectivity index (χ1v) is 21.0. The molecule has 4 amide bonds. The molecular weight excluding hydrogens is 829 g/mol. The Morgan fingerprint density at radius 1 is 0.812 bits per heavy atom. The summed E-state index contributed by atoms with van der Waals surface area (Å²) in [4.78, 5) is 96.4. The Labute approximate surface area is 372 Å². The van der Waals surface area contributed by atoms with Crippen molar-refractivity contribution in [3.63, 3.8) is 0 Å². The maximum Gasteiger partial charge on any atom is 0.366 e. The molecule has 3 atom stereocenters. The van der Waals surface area contributed by atoms with Crippen LogP contribution in [0.25, 0.3) is 11.3 Å². The minimum atomic E-state index is -1.25. The molecule has 1 heterocycles. The molecule has 0 aliphatic heterocycles. The molecule has 4 aromatic rings. The molecule has 4 rings (SSSR count). The first-order valence-electron chi connectivity index (χ1n) is 21.0. The van der Waals surface area contributed by atoms with Crippen molar-refractivity contribution in [2.45, 2.75) is 84.9 Å². The van der Waals surface area contributed by atoms with Gasteiger partial charge in [0.15, 0.2) is 5.76 Å². The van der Waals surface area contributed by atoms with Crippen LogP contribution in [0.5, 0.6) is 17.2 Å². The van der Waals surface area contributed by atoms with E-state index in [4.69, 9.17) is 28.2 Å². The highest BCUT2D eigenvalue weighted by Gasteiger charge is 2.34. The highest BCUT2D eigenvalue weighted by Crippen LogP contribution is 2.30. The maximum absolute atomic E-state index is 13.7. The molecule has 0 saturated carbocycles. The molecule has 64 heavy (non-hydrogen) atoms. The molecule has 17 heteroatoms. The van der Waals surface area contributed by atoms with Gasteiger partial charge in [-0.15, -0.1) is 0 Å². The minimum absolute atomic E-state index is 0.0368. The van der Waals surface area contributed by atoms with Crippen molar-refractivity contribution in [1.82, 2.24) is 21.0 Å². The standard InChI is InChI=1S/C47H56N4O13/c1-7-10-12-17-34(38(8-2)51(29-52)64-46(57)36-21-19-33(59-5)26-41(36)60-6)43(54)48-28-49-45(56)40-23-22-39(63-40)32-18-20-35(42(25-32)61-9-3)44(55)50-37(24-30(4)53)47(58)62-27-31-15-13-11-14-16-31/h11,13-16,18-23,25-26,29,34,37-38H,7-10,12,17,24,27-28H2,1-6H3,(H,48,54)(H,49,56)(H,50,55)/t34-,37+,38-/m1/s1. The normalized spacial score (nSPS) is 12.1. The van der Waals surface area contributed by atoms with Gasteiger partial charge in [0.05, 0.1) is 45.0 Å². The first kappa shape index (κ1) is 49.5. The number of hydrogen-bond donors (Lipinski definition) is 3. The number of unbranched alkanes of at least 4 members (excludes halogenated alkanes) is 2. The number of rotatable bonds is 26. The fourth-order valence-corrected chi connectivity index (χ4v) is 6.76.